The second kappa shape index (κ2) is 13.7. The van der Waals surface area contributed by atoms with Gasteiger partial charge in [-0.05, 0) is 46.1 Å². The van der Waals surface area contributed by atoms with Gasteiger partial charge in [-0.3, -0.25) is 4.79 Å². The van der Waals surface area contributed by atoms with Gasteiger partial charge in [0.1, 0.15) is 0 Å². The SMILES string of the molecule is C=CCCCCCCCCC(=O)C(NCCCCC)C(C)(C)N. The van der Waals surface area contributed by atoms with E-state index in [1.54, 1.807) is 0 Å². The molecule has 1 unspecified atom stereocenters. The fraction of sp³-hybridized carbons (Fsp3) is 0.850. The minimum Gasteiger partial charge on any atom is -0.324 e. The van der Waals surface area contributed by atoms with Crippen LogP contribution in [0.1, 0.15) is 91.4 Å². The standard InChI is InChI=1S/C20H40N2O/c1-5-7-9-10-11-12-13-14-16-18(23)19(20(3,4)21)22-17-15-8-6-2/h5,19,22H,1,6-17,21H2,2-4H3. The summed E-state index contributed by atoms with van der Waals surface area (Å²) < 4.78 is 0. The van der Waals surface area contributed by atoms with Gasteiger partial charge in [-0.25, -0.2) is 0 Å². The summed E-state index contributed by atoms with van der Waals surface area (Å²) in [7, 11) is 0. The monoisotopic (exact) mass is 324 g/mol. The summed E-state index contributed by atoms with van der Waals surface area (Å²) >= 11 is 0. The molecule has 0 aromatic carbocycles. The number of hydrogen-bond donors (Lipinski definition) is 2. The molecular weight excluding hydrogens is 284 g/mol. The van der Waals surface area contributed by atoms with Gasteiger partial charge >= 0.3 is 0 Å². The average Bonchev–Trinajstić information content (AvgIpc) is 2.48. The van der Waals surface area contributed by atoms with E-state index < -0.39 is 5.54 Å². The highest BCUT2D eigenvalue weighted by molar-refractivity contribution is 5.85. The van der Waals surface area contributed by atoms with Crippen LogP contribution in [-0.4, -0.2) is 23.9 Å². The van der Waals surface area contributed by atoms with Crippen LogP contribution in [0.5, 0.6) is 0 Å². The van der Waals surface area contributed by atoms with Crippen molar-refractivity contribution in [3.63, 3.8) is 0 Å². The van der Waals surface area contributed by atoms with Gasteiger partial charge < -0.3 is 11.1 Å². The van der Waals surface area contributed by atoms with Crippen molar-refractivity contribution >= 4 is 5.78 Å². The van der Waals surface area contributed by atoms with Gasteiger partial charge in [0.15, 0.2) is 5.78 Å². The van der Waals surface area contributed by atoms with Crippen molar-refractivity contribution in [1.82, 2.24) is 5.32 Å². The van der Waals surface area contributed by atoms with Crippen LogP contribution in [-0.2, 0) is 4.79 Å². The van der Waals surface area contributed by atoms with Gasteiger partial charge in [0, 0.05) is 12.0 Å². The summed E-state index contributed by atoms with van der Waals surface area (Å²) in [6.45, 7) is 10.7. The zero-order chi connectivity index (χ0) is 17.6. The van der Waals surface area contributed by atoms with E-state index in [-0.39, 0.29) is 11.8 Å². The van der Waals surface area contributed by atoms with E-state index in [1.807, 2.05) is 19.9 Å². The molecule has 0 amide bonds. The Morgan fingerprint density at radius 2 is 1.70 bits per heavy atom. The van der Waals surface area contributed by atoms with E-state index in [0.717, 1.165) is 32.2 Å². The smallest absolute Gasteiger partial charge is 0.151 e. The molecule has 3 N–H and O–H groups in total. The number of hydrogen-bond acceptors (Lipinski definition) is 3. The van der Waals surface area contributed by atoms with Crippen molar-refractivity contribution < 1.29 is 4.79 Å². The summed E-state index contributed by atoms with van der Waals surface area (Å²) in [5.41, 5.74) is 5.71. The van der Waals surface area contributed by atoms with Crippen LogP contribution in [0.2, 0.25) is 0 Å². The van der Waals surface area contributed by atoms with Crippen LogP contribution in [0.3, 0.4) is 0 Å². The number of carbonyl (C=O) groups excluding carboxylic acids is 1. The summed E-state index contributed by atoms with van der Waals surface area (Å²) in [6.07, 6.45) is 14.4. The maximum absolute atomic E-state index is 12.5. The third-order valence-corrected chi connectivity index (χ3v) is 4.28. The van der Waals surface area contributed by atoms with Crippen molar-refractivity contribution in [3.8, 4) is 0 Å². The summed E-state index contributed by atoms with van der Waals surface area (Å²) in [6, 6.07) is -0.216. The number of nitrogens with two attached hydrogens (primary N) is 1. The predicted molar refractivity (Wildman–Crippen MR) is 102 cm³/mol. The lowest BCUT2D eigenvalue weighted by atomic mass is 9.89. The second-order valence-corrected chi connectivity index (χ2v) is 7.33. The molecule has 0 rings (SSSR count). The molecule has 0 aromatic rings. The molecule has 0 saturated carbocycles. The Kier molecular flexibility index (Phi) is 13.3. The minimum atomic E-state index is -0.492. The molecule has 0 aromatic heterocycles. The lowest BCUT2D eigenvalue weighted by Crippen LogP contribution is -2.57. The highest BCUT2D eigenvalue weighted by Gasteiger charge is 2.30. The minimum absolute atomic E-state index is 0.216. The number of nitrogens with one attached hydrogen (secondary N) is 1. The Hall–Kier alpha value is -0.670. The number of Topliss-reactive ketones (excluding diaryl/α,β-unsaturated/α-hetero) is 1. The molecule has 0 spiro atoms. The van der Waals surface area contributed by atoms with E-state index in [4.69, 9.17) is 5.73 Å². The molecule has 0 fully saturated rings. The highest BCUT2D eigenvalue weighted by atomic mass is 16.1. The lowest BCUT2D eigenvalue weighted by molar-refractivity contribution is -0.122. The molecule has 0 aliphatic rings. The average molecular weight is 325 g/mol. The Balaban J connectivity index is 3.93. The van der Waals surface area contributed by atoms with E-state index in [9.17, 15) is 4.79 Å². The number of carbonyl (C=O) groups is 1. The van der Waals surface area contributed by atoms with Crippen LogP contribution in [0.25, 0.3) is 0 Å². The molecule has 0 heterocycles. The Morgan fingerprint density at radius 1 is 1.09 bits per heavy atom. The van der Waals surface area contributed by atoms with Crippen molar-refractivity contribution in [2.24, 2.45) is 5.73 Å². The van der Waals surface area contributed by atoms with Gasteiger partial charge in [-0.15, -0.1) is 6.58 Å². The molecule has 0 aliphatic heterocycles. The number of rotatable bonds is 16. The van der Waals surface area contributed by atoms with Crippen LogP contribution in [0.15, 0.2) is 12.7 Å². The van der Waals surface area contributed by atoms with E-state index >= 15 is 0 Å². The quantitative estimate of drug-likeness (QED) is 0.318. The first kappa shape index (κ1) is 22.3. The van der Waals surface area contributed by atoms with Gasteiger partial charge in [0.05, 0.1) is 6.04 Å². The maximum Gasteiger partial charge on any atom is 0.151 e. The van der Waals surface area contributed by atoms with Crippen LogP contribution < -0.4 is 11.1 Å². The molecule has 0 bridgehead atoms. The molecule has 3 heteroatoms. The highest BCUT2D eigenvalue weighted by Crippen LogP contribution is 2.13. The van der Waals surface area contributed by atoms with Crippen LogP contribution in [0, 0.1) is 0 Å². The third kappa shape index (κ3) is 12.4. The molecule has 0 radical (unpaired) electrons. The molecule has 0 aliphatic carbocycles. The number of unbranched alkanes of at least 4 members (excludes halogenated alkanes) is 8. The van der Waals surface area contributed by atoms with Gasteiger partial charge in [-0.2, -0.15) is 0 Å². The summed E-state index contributed by atoms with van der Waals surface area (Å²) in [5.74, 6) is 0.278. The van der Waals surface area contributed by atoms with E-state index in [0.29, 0.717) is 6.42 Å². The molecule has 0 saturated heterocycles. The normalized spacial score (nSPS) is 13.0. The maximum atomic E-state index is 12.5. The zero-order valence-corrected chi connectivity index (χ0v) is 15.8. The Morgan fingerprint density at radius 3 is 2.26 bits per heavy atom. The van der Waals surface area contributed by atoms with Gasteiger partial charge in [0.2, 0.25) is 0 Å². The largest absolute Gasteiger partial charge is 0.324 e. The van der Waals surface area contributed by atoms with E-state index in [1.165, 1.54) is 38.5 Å². The predicted octanol–water partition coefficient (Wildman–Crippen LogP) is 4.75. The van der Waals surface area contributed by atoms with Crippen molar-refractivity contribution in [1.29, 1.82) is 0 Å². The van der Waals surface area contributed by atoms with E-state index in [2.05, 4.69) is 18.8 Å². The first-order chi connectivity index (χ1) is 10.9. The fourth-order valence-electron chi connectivity index (χ4n) is 2.85. The van der Waals surface area contributed by atoms with Crippen molar-refractivity contribution in [3.05, 3.63) is 12.7 Å². The van der Waals surface area contributed by atoms with Crippen LogP contribution in [0.4, 0.5) is 0 Å². The summed E-state index contributed by atoms with van der Waals surface area (Å²) in [5, 5.41) is 3.39. The van der Waals surface area contributed by atoms with Crippen molar-refractivity contribution in [2.75, 3.05) is 6.54 Å². The van der Waals surface area contributed by atoms with Crippen LogP contribution >= 0.6 is 0 Å². The van der Waals surface area contributed by atoms with Gasteiger partial charge in [0.25, 0.3) is 0 Å². The van der Waals surface area contributed by atoms with Gasteiger partial charge in [-0.1, -0.05) is 51.5 Å². The third-order valence-electron chi connectivity index (χ3n) is 4.28. The zero-order valence-electron chi connectivity index (χ0n) is 15.8. The second-order valence-electron chi connectivity index (χ2n) is 7.33. The first-order valence-electron chi connectivity index (χ1n) is 9.59. The molecular formula is C20H40N2O. The summed E-state index contributed by atoms with van der Waals surface area (Å²) in [4.78, 5) is 12.5. The molecule has 23 heavy (non-hydrogen) atoms. The fourth-order valence-corrected chi connectivity index (χ4v) is 2.85. The Bertz CT molecular complexity index is 307. The Labute approximate surface area is 144 Å². The lowest BCUT2D eigenvalue weighted by Gasteiger charge is -2.30. The number of allylic oxidation sites excluding steroid dienone is 1. The topological polar surface area (TPSA) is 55.1 Å². The molecule has 1 atom stereocenters. The first-order valence-corrected chi connectivity index (χ1v) is 9.59. The molecule has 3 nitrogen and oxygen atoms in total. The van der Waals surface area contributed by atoms with Crippen molar-refractivity contribution in [2.45, 2.75) is 103 Å². The number of ketones is 1. The molecule has 136 valence electrons.